The van der Waals surface area contributed by atoms with Gasteiger partial charge in [0.1, 0.15) is 10.8 Å². The first kappa shape index (κ1) is 13.7. The van der Waals surface area contributed by atoms with Crippen molar-refractivity contribution in [3.8, 4) is 16.3 Å². The average molecular weight is 277 g/mol. The van der Waals surface area contributed by atoms with Gasteiger partial charge in [0.25, 0.3) is 0 Å². The van der Waals surface area contributed by atoms with E-state index in [4.69, 9.17) is 9.47 Å². The summed E-state index contributed by atoms with van der Waals surface area (Å²) in [5.41, 5.74) is 1.57. The van der Waals surface area contributed by atoms with Crippen LogP contribution < -0.4 is 4.74 Å². The van der Waals surface area contributed by atoms with Gasteiger partial charge in [-0.3, -0.25) is 4.79 Å². The molecule has 0 amide bonds. The van der Waals surface area contributed by atoms with E-state index in [1.165, 1.54) is 11.3 Å². The number of ketones is 1. The quantitative estimate of drug-likeness (QED) is 0.788. The van der Waals surface area contributed by atoms with Crippen LogP contribution in [0.2, 0.25) is 0 Å². The van der Waals surface area contributed by atoms with E-state index >= 15 is 0 Å². The largest absolute Gasteiger partial charge is 0.496 e. The molecule has 0 saturated carbocycles. The first-order valence-electron chi connectivity index (χ1n) is 5.80. The highest BCUT2D eigenvalue weighted by molar-refractivity contribution is 7.17. The molecule has 0 N–H and O–H groups in total. The van der Waals surface area contributed by atoms with Crippen LogP contribution in [0, 0.1) is 0 Å². The number of carbonyl (C=O) groups is 1. The van der Waals surface area contributed by atoms with Crippen LogP contribution in [-0.4, -0.2) is 25.0 Å². The van der Waals surface area contributed by atoms with E-state index in [1.54, 1.807) is 21.1 Å². The van der Waals surface area contributed by atoms with Crippen molar-refractivity contribution < 1.29 is 14.3 Å². The van der Waals surface area contributed by atoms with Crippen LogP contribution >= 0.6 is 11.3 Å². The van der Waals surface area contributed by atoms with Gasteiger partial charge in [0, 0.05) is 14.0 Å². The predicted molar refractivity (Wildman–Crippen MR) is 74.8 cm³/mol. The second-order valence-electron chi connectivity index (χ2n) is 3.98. The Bertz CT molecular complexity index is 592. The molecule has 0 aliphatic heterocycles. The smallest absolute Gasteiger partial charge is 0.171 e. The van der Waals surface area contributed by atoms with Crippen molar-refractivity contribution in [2.75, 3.05) is 14.2 Å². The number of para-hydroxylation sites is 1. The molecule has 0 aliphatic carbocycles. The maximum atomic E-state index is 11.6. The highest BCUT2D eigenvalue weighted by Gasteiger charge is 2.17. The van der Waals surface area contributed by atoms with Crippen molar-refractivity contribution in [3.63, 3.8) is 0 Å². The number of benzene rings is 1. The second-order valence-corrected chi connectivity index (χ2v) is 4.98. The predicted octanol–water partition coefficient (Wildman–Crippen LogP) is 3.17. The summed E-state index contributed by atoms with van der Waals surface area (Å²) in [6.45, 7) is 1.87. The van der Waals surface area contributed by atoms with Gasteiger partial charge in [0.15, 0.2) is 5.78 Å². The van der Waals surface area contributed by atoms with Crippen molar-refractivity contribution >= 4 is 17.1 Å². The minimum absolute atomic E-state index is 0.00528. The van der Waals surface area contributed by atoms with Crippen LogP contribution in [0.25, 0.3) is 10.6 Å². The van der Waals surface area contributed by atoms with Gasteiger partial charge in [0.2, 0.25) is 0 Å². The molecule has 1 heterocycles. The monoisotopic (exact) mass is 277 g/mol. The van der Waals surface area contributed by atoms with E-state index in [9.17, 15) is 4.79 Å². The van der Waals surface area contributed by atoms with Crippen LogP contribution in [0.4, 0.5) is 0 Å². The van der Waals surface area contributed by atoms with Gasteiger partial charge in [-0.2, -0.15) is 0 Å². The summed E-state index contributed by atoms with van der Waals surface area (Å²) >= 11 is 1.37. The molecule has 4 nitrogen and oxygen atoms in total. The van der Waals surface area contributed by atoms with Gasteiger partial charge >= 0.3 is 0 Å². The third-order valence-corrected chi connectivity index (χ3v) is 3.87. The summed E-state index contributed by atoms with van der Waals surface area (Å²) in [7, 11) is 3.21. The third kappa shape index (κ3) is 2.83. The van der Waals surface area contributed by atoms with Gasteiger partial charge in [0.05, 0.1) is 29.9 Å². The van der Waals surface area contributed by atoms with Crippen molar-refractivity contribution in [1.82, 2.24) is 4.98 Å². The van der Waals surface area contributed by atoms with Crippen LogP contribution in [0.1, 0.15) is 22.3 Å². The molecule has 2 rings (SSSR count). The minimum atomic E-state index is 0.00528. The molecular weight excluding hydrogens is 262 g/mol. The molecule has 0 unspecified atom stereocenters. The summed E-state index contributed by atoms with van der Waals surface area (Å²) < 4.78 is 10.4. The van der Waals surface area contributed by atoms with E-state index < -0.39 is 0 Å². The summed E-state index contributed by atoms with van der Waals surface area (Å²) in [5.74, 6) is 0.751. The molecule has 0 fully saturated rings. The van der Waals surface area contributed by atoms with Gasteiger partial charge in [-0.1, -0.05) is 12.1 Å². The number of thiazole rings is 1. The normalized spacial score (nSPS) is 10.5. The number of aromatic nitrogens is 1. The third-order valence-electron chi connectivity index (χ3n) is 2.64. The maximum Gasteiger partial charge on any atom is 0.171 e. The van der Waals surface area contributed by atoms with Crippen LogP contribution in [-0.2, 0) is 11.3 Å². The Morgan fingerprint density at radius 3 is 2.68 bits per heavy atom. The van der Waals surface area contributed by atoms with E-state index in [2.05, 4.69) is 4.98 Å². The molecule has 0 aliphatic rings. The number of nitrogens with zero attached hydrogens (tertiary/aromatic N) is 1. The first-order valence-corrected chi connectivity index (χ1v) is 6.62. The lowest BCUT2D eigenvalue weighted by Crippen LogP contribution is -1.97. The molecule has 0 bridgehead atoms. The highest BCUT2D eigenvalue weighted by atomic mass is 32.1. The standard InChI is InChI=1S/C14H15NO3S/c1-9(16)13-11(8-17-2)15-14(19-13)10-6-4-5-7-12(10)18-3/h4-7H,8H2,1-3H3. The minimum Gasteiger partial charge on any atom is -0.496 e. The van der Waals surface area contributed by atoms with Gasteiger partial charge in [-0.05, 0) is 12.1 Å². The lowest BCUT2D eigenvalue weighted by atomic mass is 10.2. The summed E-state index contributed by atoms with van der Waals surface area (Å²) in [6, 6.07) is 7.62. The van der Waals surface area contributed by atoms with E-state index in [1.807, 2.05) is 24.3 Å². The number of carbonyl (C=O) groups excluding carboxylic acids is 1. The number of rotatable bonds is 5. The molecule has 0 atom stereocenters. The zero-order valence-corrected chi connectivity index (χ0v) is 11.9. The molecule has 5 heteroatoms. The number of hydrogen-bond acceptors (Lipinski definition) is 5. The number of Topliss-reactive ketones (excluding diaryl/α,β-unsaturated/α-hetero) is 1. The molecule has 0 spiro atoms. The van der Waals surface area contributed by atoms with Crippen LogP contribution in [0.3, 0.4) is 0 Å². The van der Waals surface area contributed by atoms with E-state index in [0.717, 1.165) is 16.3 Å². The average Bonchev–Trinajstić information content (AvgIpc) is 2.83. The Balaban J connectivity index is 2.51. The Kier molecular flexibility index (Phi) is 4.29. The molecule has 1 aromatic carbocycles. The highest BCUT2D eigenvalue weighted by Crippen LogP contribution is 2.34. The van der Waals surface area contributed by atoms with Crippen LogP contribution in [0.5, 0.6) is 5.75 Å². The zero-order chi connectivity index (χ0) is 13.8. The molecular formula is C14H15NO3S. The fraction of sp³-hybridized carbons (Fsp3) is 0.286. The molecule has 0 saturated heterocycles. The summed E-state index contributed by atoms with van der Waals surface area (Å²) in [5, 5.41) is 0.773. The zero-order valence-electron chi connectivity index (χ0n) is 11.1. The van der Waals surface area contributed by atoms with E-state index in [0.29, 0.717) is 17.2 Å². The lowest BCUT2D eigenvalue weighted by Gasteiger charge is -2.04. The van der Waals surface area contributed by atoms with Crippen molar-refractivity contribution in [1.29, 1.82) is 0 Å². The van der Waals surface area contributed by atoms with Crippen LogP contribution in [0.15, 0.2) is 24.3 Å². The van der Waals surface area contributed by atoms with Crippen molar-refractivity contribution in [3.05, 3.63) is 34.8 Å². The molecule has 100 valence electrons. The van der Waals surface area contributed by atoms with Crippen molar-refractivity contribution in [2.24, 2.45) is 0 Å². The second kappa shape index (κ2) is 5.95. The molecule has 2 aromatic rings. The Morgan fingerprint density at radius 2 is 2.05 bits per heavy atom. The summed E-state index contributed by atoms with van der Waals surface area (Å²) in [4.78, 5) is 16.8. The number of methoxy groups -OCH3 is 2. The summed E-state index contributed by atoms with van der Waals surface area (Å²) in [6.07, 6.45) is 0. The molecule has 19 heavy (non-hydrogen) atoms. The molecule has 0 radical (unpaired) electrons. The lowest BCUT2D eigenvalue weighted by molar-refractivity contribution is 0.101. The maximum absolute atomic E-state index is 11.6. The topological polar surface area (TPSA) is 48.4 Å². The number of hydrogen-bond donors (Lipinski definition) is 0. The SMILES string of the molecule is COCc1nc(-c2ccccc2OC)sc1C(C)=O. The Morgan fingerprint density at radius 1 is 1.32 bits per heavy atom. The fourth-order valence-corrected chi connectivity index (χ4v) is 2.79. The van der Waals surface area contributed by atoms with E-state index in [-0.39, 0.29) is 5.78 Å². The van der Waals surface area contributed by atoms with Gasteiger partial charge in [-0.15, -0.1) is 11.3 Å². The fourth-order valence-electron chi connectivity index (χ4n) is 1.80. The molecule has 1 aromatic heterocycles. The number of ether oxygens (including phenoxy) is 2. The Hall–Kier alpha value is -1.72. The van der Waals surface area contributed by atoms with Gasteiger partial charge < -0.3 is 9.47 Å². The Labute approximate surface area is 116 Å². The van der Waals surface area contributed by atoms with Crippen molar-refractivity contribution in [2.45, 2.75) is 13.5 Å². The van der Waals surface area contributed by atoms with Gasteiger partial charge in [-0.25, -0.2) is 4.98 Å². The first-order chi connectivity index (χ1) is 9.17.